The second kappa shape index (κ2) is 8.99. The van der Waals surface area contributed by atoms with Gasteiger partial charge in [-0.1, -0.05) is 36.4 Å². The number of para-hydroxylation sites is 1. The van der Waals surface area contributed by atoms with Gasteiger partial charge >= 0.3 is 0 Å². The molecule has 2 heterocycles. The molecule has 2 aliphatic heterocycles. The molecule has 3 unspecified atom stereocenters. The summed E-state index contributed by atoms with van der Waals surface area (Å²) in [6.07, 6.45) is 5.70. The molecule has 1 saturated heterocycles. The maximum atomic E-state index is 13.4. The first-order valence-corrected chi connectivity index (χ1v) is 12.0. The Morgan fingerprint density at radius 3 is 2.56 bits per heavy atom. The average molecular weight is 432 g/mol. The van der Waals surface area contributed by atoms with E-state index in [4.69, 9.17) is 4.74 Å². The second-order valence-electron chi connectivity index (χ2n) is 8.91. The van der Waals surface area contributed by atoms with Crippen molar-refractivity contribution in [1.29, 1.82) is 0 Å². The summed E-state index contributed by atoms with van der Waals surface area (Å²) in [5.41, 5.74) is 5.60. The van der Waals surface area contributed by atoms with E-state index < -0.39 is 0 Å². The van der Waals surface area contributed by atoms with Crippen LogP contribution in [0.2, 0.25) is 0 Å². The molecule has 168 valence electrons. The molecule has 1 N–H and O–H groups in total. The fourth-order valence-electron chi connectivity index (χ4n) is 5.55. The maximum Gasteiger partial charge on any atom is 0.256 e. The molecule has 32 heavy (non-hydrogen) atoms. The largest absolute Gasteiger partial charge is 0.378 e. The third-order valence-corrected chi connectivity index (χ3v) is 7.31. The van der Waals surface area contributed by atoms with Gasteiger partial charge in [-0.2, -0.15) is 0 Å². The van der Waals surface area contributed by atoms with Crippen molar-refractivity contribution in [3.63, 3.8) is 0 Å². The lowest BCUT2D eigenvalue weighted by molar-refractivity contribution is 0.0303. The molecule has 0 saturated carbocycles. The highest BCUT2D eigenvalue weighted by Gasteiger charge is 2.39. The van der Waals surface area contributed by atoms with E-state index in [0.29, 0.717) is 38.1 Å². The Hall–Kier alpha value is -2.79. The van der Waals surface area contributed by atoms with Gasteiger partial charge in [0.1, 0.15) is 0 Å². The second-order valence-corrected chi connectivity index (χ2v) is 8.91. The van der Waals surface area contributed by atoms with Crippen LogP contribution in [0, 0.1) is 5.92 Å². The quantitative estimate of drug-likeness (QED) is 0.689. The van der Waals surface area contributed by atoms with Crippen LogP contribution in [-0.2, 0) is 4.74 Å². The molecular weight excluding hydrogens is 398 g/mol. The van der Waals surface area contributed by atoms with Crippen LogP contribution >= 0.6 is 0 Å². The Labute approximate surface area is 191 Å². The standard InChI is InChI=1S/C27H33N3O2/c1-3-29(4-2)20-13-11-19(12-14-20)25-22-8-5-7-21(22)23-9-6-10-24(26(23)28-25)27(31)30-15-17-32-18-16-30/h5-7,9-14,21-22,25,28H,3-4,8,15-18H2,1-2H3. The molecular formula is C27H33N3O2. The molecule has 5 rings (SSSR count). The number of carbonyl (C=O) groups excluding carboxylic acids is 1. The van der Waals surface area contributed by atoms with Crippen LogP contribution in [-0.4, -0.2) is 50.2 Å². The zero-order valence-electron chi connectivity index (χ0n) is 19.1. The van der Waals surface area contributed by atoms with Gasteiger partial charge in [0.05, 0.1) is 30.5 Å². The summed E-state index contributed by atoms with van der Waals surface area (Å²) in [7, 11) is 0. The number of anilines is 2. The Morgan fingerprint density at radius 2 is 1.84 bits per heavy atom. The van der Waals surface area contributed by atoms with Gasteiger partial charge in [0.2, 0.25) is 0 Å². The number of allylic oxidation sites excluding steroid dienone is 2. The third-order valence-electron chi connectivity index (χ3n) is 7.31. The van der Waals surface area contributed by atoms with Crippen LogP contribution in [0.15, 0.2) is 54.6 Å². The molecule has 0 aromatic heterocycles. The SMILES string of the molecule is CCN(CC)c1ccc(C2Nc3c(C(=O)N4CCOCC4)cccc3C3C=CCC32)cc1. The van der Waals surface area contributed by atoms with Crippen molar-refractivity contribution in [1.82, 2.24) is 4.90 Å². The van der Waals surface area contributed by atoms with E-state index in [2.05, 4.69) is 66.5 Å². The summed E-state index contributed by atoms with van der Waals surface area (Å²) in [6, 6.07) is 15.4. The lowest BCUT2D eigenvalue weighted by atomic mass is 9.76. The minimum Gasteiger partial charge on any atom is -0.378 e. The maximum absolute atomic E-state index is 13.4. The summed E-state index contributed by atoms with van der Waals surface area (Å²) in [6.45, 7) is 8.94. The van der Waals surface area contributed by atoms with Crippen molar-refractivity contribution in [3.8, 4) is 0 Å². The number of nitrogens with zero attached hydrogens (tertiary/aromatic N) is 2. The summed E-state index contributed by atoms with van der Waals surface area (Å²) >= 11 is 0. The minimum atomic E-state index is 0.105. The van der Waals surface area contributed by atoms with Crippen LogP contribution in [0.3, 0.4) is 0 Å². The number of amides is 1. The first-order valence-electron chi connectivity index (χ1n) is 12.0. The van der Waals surface area contributed by atoms with Crippen LogP contribution in [0.4, 0.5) is 11.4 Å². The van der Waals surface area contributed by atoms with E-state index in [0.717, 1.165) is 30.8 Å². The predicted molar refractivity (Wildman–Crippen MR) is 130 cm³/mol. The molecule has 3 atom stereocenters. The number of hydrogen-bond acceptors (Lipinski definition) is 4. The van der Waals surface area contributed by atoms with Gasteiger partial charge in [0.15, 0.2) is 0 Å². The molecule has 3 aliphatic rings. The Morgan fingerprint density at radius 1 is 1.09 bits per heavy atom. The van der Waals surface area contributed by atoms with Gasteiger partial charge in [-0.15, -0.1) is 0 Å². The van der Waals surface area contributed by atoms with Gasteiger partial charge in [0.25, 0.3) is 5.91 Å². The monoisotopic (exact) mass is 431 g/mol. The van der Waals surface area contributed by atoms with Gasteiger partial charge in [-0.25, -0.2) is 0 Å². The van der Waals surface area contributed by atoms with Crippen molar-refractivity contribution < 1.29 is 9.53 Å². The zero-order valence-corrected chi connectivity index (χ0v) is 19.1. The molecule has 5 nitrogen and oxygen atoms in total. The smallest absolute Gasteiger partial charge is 0.256 e. The number of morpholine rings is 1. The molecule has 1 amide bonds. The minimum absolute atomic E-state index is 0.105. The molecule has 0 spiro atoms. The average Bonchev–Trinajstić information content (AvgIpc) is 3.35. The summed E-state index contributed by atoms with van der Waals surface area (Å²) in [4.78, 5) is 17.7. The Balaban J connectivity index is 1.48. The number of nitrogens with one attached hydrogen (secondary N) is 1. The van der Waals surface area contributed by atoms with Crippen LogP contribution in [0.5, 0.6) is 0 Å². The first kappa shape index (κ1) is 21.1. The molecule has 5 heteroatoms. The third kappa shape index (κ3) is 3.69. The van der Waals surface area contributed by atoms with E-state index >= 15 is 0 Å². The van der Waals surface area contributed by atoms with Crippen molar-refractivity contribution >= 4 is 17.3 Å². The first-order chi connectivity index (χ1) is 15.7. The van der Waals surface area contributed by atoms with Crippen LogP contribution in [0.1, 0.15) is 53.7 Å². The topological polar surface area (TPSA) is 44.8 Å². The van der Waals surface area contributed by atoms with E-state index in [-0.39, 0.29) is 11.9 Å². The molecule has 2 aromatic carbocycles. The number of rotatable bonds is 5. The number of carbonyl (C=O) groups is 1. The van der Waals surface area contributed by atoms with Gasteiger partial charge in [-0.05, 0) is 55.5 Å². The number of benzene rings is 2. The van der Waals surface area contributed by atoms with E-state index in [1.807, 2.05) is 17.0 Å². The Kier molecular flexibility index (Phi) is 5.92. The van der Waals surface area contributed by atoms with E-state index in [1.165, 1.54) is 16.8 Å². The van der Waals surface area contributed by atoms with Gasteiger partial charge < -0.3 is 19.9 Å². The van der Waals surface area contributed by atoms with E-state index in [9.17, 15) is 4.79 Å². The number of ether oxygens (including phenoxy) is 1. The van der Waals surface area contributed by atoms with Gasteiger partial charge in [-0.3, -0.25) is 4.79 Å². The van der Waals surface area contributed by atoms with E-state index in [1.54, 1.807) is 0 Å². The fourth-order valence-corrected chi connectivity index (χ4v) is 5.55. The summed E-state index contributed by atoms with van der Waals surface area (Å²) in [5, 5.41) is 3.82. The highest BCUT2D eigenvalue weighted by atomic mass is 16.5. The summed E-state index contributed by atoms with van der Waals surface area (Å²) in [5.74, 6) is 0.917. The van der Waals surface area contributed by atoms with Crippen LogP contribution in [0.25, 0.3) is 0 Å². The molecule has 1 fully saturated rings. The van der Waals surface area contributed by atoms with Crippen LogP contribution < -0.4 is 10.2 Å². The number of hydrogen-bond donors (Lipinski definition) is 1. The zero-order chi connectivity index (χ0) is 22.1. The highest BCUT2D eigenvalue weighted by molar-refractivity contribution is 6.01. The lowest BCUT2D eigenvalue weighted by Gasteiger charge is -2.39. The lowest BCUT2D eigenvalue weighted by Crippen LogP contribution is -2.41. The highest BCUT2D eigenvalue weighted by Crippen LogP contribution is 2.50. The molecule has 0 bridgehead atoms. The Bertz CT molecular complexity index is 990. The molecule has 2 aromatic rings. The normalized spacial score (nSPS) is 23.9. The molecule has 1 aliphatic carbocycles. The summed E-state index contributed by atoms with van der Waals surface area (Å²) < 4.78 is 5.45. The fraction of sp³-hybridized carbons (Fsp3) is 0.444. The number of fused-ring (bicyclic) bond motifs is 3. The van der Waals surface area contributed by atoms with Crippen molar-refractivity contribution in [2.24, 2.45) is 5.92 Å². The molecule has 0 radical (unpaired) electrons. The van der Waals surface area contributed by atoms with Gasteiger partial charge in [0, 0.05) is 37.8 Å². The van der Waals surface area contributed by atoms with Crippen molar-refractivity contribution in [2.75, 3.05) is 49.6 Å². The van der Waals surface area contributed by atoms with Crippen molar-refractivity contribution in [2.45, 2.75) is 32.2 Å². The van der Waals surface area contributed by atoms with Crippen molar-refractivity contribution in [3.05, 3.63) is 71.3 Å². The predicted octanol–water partition coefficient (Wildman–Crippen LogP) is 4.83.